The molecule has 7 heteroatoms. The number of carboxylic acids is 1. The summed E-state index contributed by atoms with van der Waals surface area (Å²) in [7, 11) is 0. The van der Waals surface area contributed by atoms with Gasteiger partial charge < -0.3 is 15.2 Å². The maximum absolute atomic E-state index is 12.1. The van der Waals surface area contributed by atoms with Crippen molar-refractivity contribution in [2.75, 3.05) is 6.54 Å². The molecule has 2 N–H and O–H groups in total. The number of hydrogen-bond acceptors (Lipinski definition) is 3. The lowest BCUT2D eigenvalue weighted by atomic mass is 9.87. The number of carboxylic acid groups (broad SMARTS) is 1. The van der Waals surface area contributed by atoms with Crippen molar-refractivity contribution in [1.29, 1.82) is 0 Å². The SMILES string of the molecule is CCC(C)(CNC(=O)c1cccc(OC(F)F)c1)C(=O)O. The Hall–Kier alpha value is -2.18. The van der Waals surface area contributed by atoms with Crippen LogP contribution >= 0.6 is 0 Å². The average Bonchev–Trinajstić information content (AvgIpc) is 2.43. The lowest BCUT2D eigenvalue weighted by Crippen LogP contribution is -2.40. The van der Waals surface area contributed by atoms with Gasteiger partial charge in [-0.2, -0.15) is 8.78 Å². The van der Waals surface area contributed by atoms with E-state index in [1.54, 1.807) is 6.92 Å². The third-order valence-electron chi connectivity index (χ3n) is 3.26. The molecule has 0 spiro atoms. The number of amides is 1. The van der Waals surface area contributed by atoms with Gasteiger partial charge in [0.2, 0.25) is 0 Å². The van der Waals surface area contributed by atoms with E-state index in [2.05, 4.69) is 10.1 Å². The summed E-state index contributed by atoms with van der Waals surface area (Å²) in [4.78, 5) is 23.0. The van der Waals surface area contributed by atoms with Crippen molar-refractivity contribution < 1.29 is 28.2 Å². The van der Waals surface area contributed by atoms with Crippen molar-refractivity contribution in [2.24, 2.45) is 5.41 Å². The number of benzene rings is 1. The van der Waals surface area contributed by atoms with E-state index in [0.717, 1.165) is 0 Å². The van der Waals surface area contributed by atoms with Crippen LogP contribution in [0.15, 0.2) is 24.3 Å². The third kappa shape index (κ3) is 4.70. The van der Waals surface area contributed by atoms with Crippen molar-refractivity contribution in [3.8, 4) is 5.75 Å². The second kappa shape index (κ2) is 7.01. The molecule has 1 unspecified atom stereocenters. The van der Waals surface area contributed by atoms with Crippen LogP contribution < -0.4 is 10.1 Å². The van der Waals surface area contributed by atoms with Gasteiger partial charge in [0, 0.05) is 12.1 Å². The highest BCUT2D eigenvalue weighted by Gasteiger charge is 2.31. The number of halogens is 2. The van der Waals surface area contributed by atoms with E-state index < -0.39 is 23.9 Å². The summed E-state index contributed by atoms with van der Waals surface area (Å²) in [5.41, 5.74) is -0.954. The molecule has 0 radical (unpaired) electrons. The zero-order valence-corrected chi connectivity index (χ0v) is 11.7. The summed E-state index contributed by atoms with van der Waals surface area (Å²) in [5, 5.41) is 11.6. The first kappa shape index (κ1) is 16.9. The van der Waals surface area contributed by atoms with Crippen LogP contribution in [0.25, 0.3) is 0 Å². The molecular weight excluding hydrogens is 284 g/mol. The minimum Gasteiger partial charge on any atom is -0.481 e. The smallest absolute Gasteiger partial charge is 0.387 e. The Morgan fingerprint density at radius 3 is 2.62 bits per heavy atom. The van der Waals surface area contributed by atoms with Crippen LogP contribution in [0.3, 0.4) is 0 Å². The topological polar surface area (TPSA) is 75.6 Å². The number of ether oxygens (including phenoxy) is 1. The van der Waals surface area contributed by atoms with Crippen LogP contribution in [0, 0.1) is 5.41 Å². The Morgan fingerprint density at radius 2 is 2.10 bits per heavy atom. The van der Waals surface area contributed by atoms with Crippen LogP contribution in [0.1, 0.15) is 30.6 Å². The minimum absolute atomic E-state index is 0.0579. The van der Waals surface area contributed by atoms with Crippen molar-refractivity contribution in [3.05, 3.63) is 29.8 Å². The van der Waals surface area contributed by atoms with Gasteiger partial charge in [-0.3, -0.25) is 9.59 Å². The summed E-state index contributed by atoms with van der Waals surface area (Å²) in [6.45, 7) is 0.194. The number of nitrogens with one attached hydrogen (secondary N) is 1. The van der Waals surface area contributed by atoms with Crippen LogP contribution in [-0.4, -0.2) is 30.1 Å². The molecule has 116 valence electrons. The number of alkyl halides is 2. The molecule has 5 nitrogen and oxygen atoms in total. The van der Waals surface area contributed by atoms with Crippen molar-refractivity contribution in [3.63, 3.8) is 0 Å². The predicted molar refractivity (Wildman–Crippen MR) is 71.4 cm³/mol. The van der Waals surface area contributed by atoms with E-state index in [-0.39, 0.29) is 17.9 Å². The molecule has 0 saturated carbocycles. The van der Waals surface area contributed by atoms with Crippen molar-refractivity contribution in [2.45, 2.75) is 26.9 Å². The van der Waals surface area contributed by atoms with Gasteiger partial charge in [-0.05, 0) is 31.5 Å². The molecule has 21 heavy (non-hydrogen) atoms. The first-order chi connectivity index (χ1) is 9.78. The molecule has 0 aromatic heterocycles. The molecule has 0 aliphatic carbocycles. The third-order valence-corrected chi connectivity index (χ3v) is 3.26. The molecule has 0 fully saturated rings. The predicted octanol–water partition coefficient (Wildman–Crippen LogP) is 2.52. The molecule has 1 amide bonds. The highest BCUT2D eigenvalue weighted by Crippen LogP contribution is 2.20. The average molecular weight is 301 g/mol. The quantitative estimate of drug-likeness (QED) is 0.811. The maximum Gasteiger partial charge on any atom is 0.387 e. The second-order valence-corrected chi connectivity index (χ2v) is 4.81. The Morgan fingerprint density at radius 1 is 1.43 bits per heavy atom. The van der Waals surface area contributed by atoms with E-state index in [4.69, 9.17) is 5.11 Å². The molecule has 0 bridgehead atoms. The van der Waals surface area contributed by atoms with Gasteiger partial charge in [-0.15, -0.1) is 0 Å². The Balaban J connectivity index is 2.74. The zero-order chi connectivity index (χ0) is 16.0. The molecule has 1 aromatic rings. The van der Waals surface area contributed by atoms with Gasteiger partial charge in [0.1, 0.15) is 5.75 Å². The summed E-state index contributed by atoms with van der Waals surface area (Å²) in [5.74, 6) is -1.69. The molecule has 1 rings (SSSR count). The monoisotopic (exact) mass is 301 g/mol. The van der Waals surface area contributed by atoms with Gasteiger partial charge in [0.15, 0.2) is 0 Å². The van der Waals surface area contributed by atoms with Gasteiger partial charge in [0.25, 0.3) is 5.91 Å². The summed E-state index contributed by atoms with van der Waals surface area (Å²) in [6.07, 6.45) is 0.344. The number of carbonyl (C=O) groups excluding carboxylic acids is 1. The molecule has 0 aliphatic heterocycles. The molecule has 0 heterocycles. The van der Waals surface area contributed by atoms with E-state index in [1.165, 1.54) is 31.2 Å². The fourth-order valence-electron chi connectivity index (χ4n) is 1.54. The molecule has 1 atom stereocenters. The van der Waals surface area contributed by atoms with Gasteiger partial charge >= 0.3 is 12.6 Å². The fourth-order valence-corrected chi connectivity index (χ4v) is 1.54. The van der Waals surface area contributed by atoms with Gasteiger partial charge in [-0.25, -0.2) is 0 Å². The standard InChI is InChI=1S/C14H17F2NO4/c1-3-14(2,12(19)20)8-17-11(18)9-5-4-6-10(7-9)21-13(15)16/h4-7,13H,3,8H2,1-2H3,(H,17,18)(H,19,20). The summed E-state index contributed by atoms with van der Waals surface area (Å²) < 4.78 is 28.4. The number of rotatable bonds is 7. The first-order valence-corrected chi connectivity index (χ1v) is 6.35. The van der Waals surface area contributed by atoms with E-state index in [1.807, 2.05) is 0 Å². The fraction of sp³-hybridized carbons (Fsp3) is 0.429. The van der Waals surface area contributed by atoms with Crippen molar-refractivity contribution >= 4 is 11.9 Å². The minimum atomic E-state index is -2.97. The zero-order valence-electron chi connectivity index (χ0n) is 11.7. The molecule has 0 saturated heterocycles. The highest BCUT2D eigenvalue weighted by atomic mass is 19.3. The highest BCUT2D eigenvalue weighted by molar-refractivity contribution is 5.94. The molecular formula is C14H17F2NO4. The van der Waals surface area contributed by atoms with Gasteiger partial charge in [-0.1, -0.05) is 13.0 Å². The largest absolute Gasteiger partial charge is 0.481 e. The summed E-state index contributed by atoms with van der Waals surface area (Å²) >= 11 is 0. The second-order valence-electron chi connectivity index (χ2n) is 4.81. The number of hydrogen-bond donors (Lipinski definition) is 2. The van der Waals surface area contributed by atoms with Crippen LogP contribution in [-0.2, 0) is 4.79 Å². The molecule has 0 aliphatic rings. The van der Waals surface area contributed by atoms with Crippen LogP contribution in [0.5, 0.6) is 5.75 Å². The lowest BCUT2D eigenvalue weighted by molar-refractivity contribution is -0.147. The normalized spacial score (nSPS) is 13.6. The Labute approximate surface area is 120 Å². The van der Waals surface area contributed by atoms with Gasteiger partial charge in [0.05, 0.1) is 5.41 Å². The number of aliphatic carboxylic acids is 1. The number of carbonyl (C=O) groups is 2. The lowest BCUT2D eigenvalue weighted by Gasteiger charge is -2.23. The Kier molecular flexibility index (Phi) is 5.63. The maximum atomic E-state index is 12.1. The van der Waals surface area contributed by atoms with E-state index in [9.17, 15) is 18.4 Å². The van der Waals surface area contributed by atoms with Crippen LogP contribution in [0.2, 0.25) is 0 Å². The van der Waals surface area contributed by atoms with E-state index >= 15 is 0 Å². The Bertz CT molecular complexity index is 521. The van der Waals surface area contributed by atoms with E-state index in [0.29, 0.717) is 6.42 Å². The summed E-state index contributed by atoms with van der Waals surface area (Å²) in [6, 6.07) is 5.31. The van der Waals surface area contributed by atoms with Crippen LogP contribution in [0.4, 0.5) is 8.78 Å². The first-order valence-electron chi connectivity index (χ1n) is 6.35. The van der Waals surface area contributed by atoms with Crippen molar-refractivity contribution in [1.82, 2.24) is 5.32 Å². The molecule has 1 aromatic carbocycles.